The fourth-order valence-corrected chi connectivity index (χ4v) is 4.00. The van der Waals surface area contributed by atoms with E-state index in [1.54, 1.807) is 4.90 Å². The first-order chi connectivity index (χ1) is 16.0. The number of carbonyl (C=O) groups is 2. The number of para-hydroxylation sites is 2. The molecule has 0 heterocycles. The van der Waals surface area contributed by atoms with Crippen molar-refractivity contribution in [2.75, 3.05) is 10.2 Å². The van der Waals surface area contributed by atoms with Crippen LogP contribution >= 0.6 is 0 Å². The molecule has 33 heavy (non-hydrogen) atoms. The molecule has 0 bridgehead atoms. The van der Waals surface area contributed by atoms with Gasteiger partial charge in [-0.2, -0.15) is 0 Å². The third kappa shape index (κ3) is 4.98. The van der Waals surface area contributed by atoms with Crippen molar-refractivity contribution in [3.05, 3.63) is 107 Å². The fourth-order valence-electron chi connectivity index (χ4n) is 4.00. The first-order valence-electron chi connectivity index (χ1n) is 10.7. The molecule has 4 rings (SSSR count). The van der Waals surface area contributed by atoms with E-state index in [0.717, 1.165) is 11.4 Å². The van der Waals surface area contributed by atoms with Crippen molar-refractivity contribution in [2.24, 2.45) is 11.8 Å². The van der Waals surface area contributed by atoms with Crippen LogP contribution in [0.4, 0.5) is 22.7 Å². The number of allylic oxidation sites excluding steroid dienone is 2. The molecule has 0 saturated carbocycles. The predicted molar refractivity (Wildman–Crippen MR) is 127 cm³/mol. The molecular formula is C26H23N3O4. The van der Waals surface area contributed by atoms with Gasteiger partial charge in [-0.05, 0) is 49.2 Å². The lowest BCUT2D eigenvalue weighted by Crippen LogP contribution is -2.41. The van der Waals surface area contributed by atoms with Crippen LogP contribution in [0.3, 0.4) is 0 Å². The number of amides is 2. The van der Waals surface area contributed by atoms with Crippen LogP contribution in [0.15, 0.2) is 97.1 Å². The van der Waals surface area contributed by atoms with Gasteiger partial charge in [0.15, 0.2) is 0 Å². The Morgan fingerprint density at radius 2 is 1.30 bits per heavy atom. The molecule has 1 N–H and O–H groups in total. The summed E-state index contributed by atoms with van der Waals surface area (Å²) in [6.07, 6.45) is 4.74. The summed E-state index contributed by atoms with van der Waals surface area (Å²) in [7, 11) is 0. The summed E-state index contributed by atoms with van der Waals surface area (Å²) in [5, 5.41) is 13.7. The van der Waals surface area contributed by atoms with Crippen LogP contribution in [0.1, 0.15) is 12.8 Å². The molecule has 0 aromatic heterocycles. The molecular weight excluding hydrogens is 418 g/mol. The molecule has 2 atom stereocenters. The molecule has 1 aliphatic rings. The number of nitro benzene ring substituents is 1. The van der Waals surface area contributed by atoms with Gasteiger partial charge in [0.05, 0.1) is 16.8 Å². The number of non-ortho nitro benzene ring substituents is 1. The minimum absolute atomic E-state index is 0.0528. The number of hydrogen-bond acceptors (Lipinski definition) is 4. The second kappa shape index (κ2) is 9.91. The highest BCUT2D eigenvalue weighted by molar-refractivity contribution is 6.05. The number of rotatable bonds is 6. The third-order valence-corrected chi connectivity index (χ3v) is 5.68. The van der Waals surface area contributed by atoms with E-state index in [9.17, 15) is 19.7 Å². The normalized spacial score (nSPS) is 17.2. The van der Waals surface area contributed by atoms with Gasteiger partial charge >= 0.3 is 0 Å². The number of nitrogens with one attached hydrogen (secondary N) is 1. The average molecular weight is 441 g/mol. The van der Waals surface area contributed by atoms with Crippen molar-refractivity contribution in [1.29, 1.82) is 0 Å². The van der Waals surface area contributed by atoms with Crippen molar-refractivity contribution >= 4 is 34.6 Å². The van der Waals surface area contributed by atoms with E-state index < -0.39 is 16.8 Å². The zero-order valence-electron chi connectivity index (χ0n) is 17.8. The summed E-state index contributed by atoms with van der Waals surface area (Å²) in [5.74, 6) is -1.55. The van der Waals surface area contributed by atoms with Gasteiger partial charge in [-0.1, -0.05) is 48.6 Å². The van der Waals surface area contributed by atoms with Crippen LogP contribution < -0.4 is 10.2 Å². The maximum absolute atomic E-state index is 13.8. The number of carbonyl (C=O) groups excluding carboxylic acids is 2. The van der Waals surface area contributed by atoms with E-state index in [1.807, 2.05) is 72.8 Å². The highest BCUT2D eigenvalue weighted by Gasteiger charge is 2.37. The Labute approximate surface area is 191 Å². The first kappa shape index (κ1) is 22.0. The van der Waals surface area contributed by atoms with Gasteiger partial charge < -0.3 is 5.32 Å². The van der Waals surface area contributed by atoms with Crippen LogP contribution in [-0.2, 0) is 9.59 Å². The smallest absolute Gasteiger partial charge is 0.269 e. The molecule has 0 fully saturated rings. The van der Waals surface area contributed by atoms with Crippen LogP contribution in [-0.4, -0.2) is 16.7 Å². The van der Waals surface area contributed by atoms with Crippen LogP contribution in [0.25, 0.3) is 0 Å². The maximum Gasteiger partial charge on any atom is 0.269 e. The summed E-state index contributed by atoms with van der Waals surface area (Å²) in [5.41, 5.74) is 1.87. The molecule has 0 radical (unpaired) electrons. The van der Waals surface area contributed by atoms with Gasteiger partial charge in [0.1, 0.15) is 0 Å². The van der Waals surface area contributed by atoms with Gasteiger partial charge in [0.2, 0.25) is 11.8 Å². The van der Waals surface area contributed by atoms with Crippen molar-refractivity contribution < 1.29 is 14.5 Å². The van der Waals surface area contributed by atoms with E-state index >= 15 is 0 Å². The Bertz CT molecular complexity index is 1120. The van der Waals surface area contributed by atoms with E-state index in [0.29, 0.717) is 18.5 Å². The second-order valence-electron chi connectivity index (χ2n) is 7.79. The molecule has 0 saturated heterocycles. The minimum Gasteiger partial charge on any atom is -0.326 e. The zero-order chi connectivity index (χ0) is 23.2. The standard InChI is InChI=1S/C26H23N3O4/c30-25(27-19-15-17-22(18-16-19)29(32)33)23-13-7-8-14-24(23)26(31)28(20-9-3-1-4-10-20)21-11-5-2-6-12-21/h1-12,15-18,23-24H,13-14H2,(H,27,30). The Kier molecular flexibility index (Phi) is 6.59. The topological polar surface area (TPSA) is 92.5 Å². The van der Waals surface area contributed by atoms with Gasteiger partial charge in [-0.15, -0.1) is 0 Å². The van der Waals surface area contributed by atoms with Gasteiger partial charge in [-0.25, -0.2) is 0 Å². The third-order valence-electron chi connectivity index (χ3n) is 5.68. The Morgan fingerprint density at radius 1 is 0.788 bits per heavy atom. The average Bonchev–Trinajstić information content (AvgIpc) is 2.86. The quantitative estimate of drug-likeness (QED) is 0.311. The molecule has 7 heteroatoms. The minimum atomic E-state index is -0.562. The van der Waals surface area contributed by atoms with Gasteiger partial charge in [0.25, 0.3) is 5.69 Å². The number of nitrogens with zero attached hydrogens (tertiary/aromatic N) is 2. The number of hydrogen-bond donors (Lipinski definition) is 1. The summed E-state index contributed by atoms with van der Waals surface area (Å²) in [6, 6.07) is 24.4. The summed E-state index contributed by atoms with van der Waals surface area (Å²) >= 11 is 0. The SMILES string of the molecule is O=C(Nc1ccc([N+](=O)[O-])cc1)C1CC=CCC1C(=O)N(c1ccccc1)c1ccccc1. The molecule has 2 unspecified atom stereocenters. The van der Waals surface area contributed by atoms with Gasteiger partial charge in [0, 0.05) is 29.2 Å². The lowest BCUT2D eigenvalue weighted by Gasteiger charge is -2.32. The monoisotopic (exact) mass is 441 g/mol. The van der Waals surface area contributed by atoms with Crippen molar-refractivity contribution in [2.45, 2.75) is 12.8 Å². The summed E-state index contributed by atoms with van der Waals surface area (Å²) in [6.45, 7) is 0. The molecule has 3 aromatic rings. The molecule has 1 aliphatic carbocycles. The summed E-state index contributed by atoms with van der Waals surface area (Å²) in [4.78, 5) is 39.0. The zero-order valence-corrected chi connectivity index (χ0v) is 17.8. The van der Waals surface area contributed by atoms with E-state index in [2.05, 4.69) is 5.32 Å². The highest BCUT2D eigenvalue weighted by Crippen LogP contribution is 2.34. The highest BCUT2D eigenvalue weighted by atomic mass is 16.6. The van der Waals surface area contributed by atoms with Gasteiger partial charge in [-0.3, -0.25) is 24.6 Å². The Morgan fingerprint density at radius 3 is 1.82 bits per heavy atom. The van der Waals surface area contributed by atoms with E-state index in [1.165, 1.54) is 24.3 Å². The van der Waals surface area contributed by atoms with Crippen LogP contribution in [0.2, 0.25) is 0 Å². The van der Waals surface area contributed by atoms with Crippen molar-refractivity contribution in [1.82, 2.24) is 0 Å². The number of nitro groups is 1. The lowest BCUT2D eigenvalue weighted by molar-refractivity contribution is -0.384. The Balaban J connectivity index is 1.59. The van der Waals surface area contributed by atoms with E-state index in [4.69, 9.17) is 0 Å². The first-order valence-corrected chi connectivity index (χ1v) is 10.7. The van der Waals surface area contributed by atoms with Crippen LogP contribution in [0.5, 0.6) is 0 Å². The number of anilines is 3. The summed E-state index contributed by atoms with van der Waals surface area (Å²) < 4.78 is 0. The van der Waals surface area contributed by atoms with Crippen molar-refractivity contribution in [3.63, 3.8) is 0 Å². The molecule has 3 aromatic carbocycles. The second-order valence-corrected chi connectivity index (χ2v) is 7.79. The molecule has 166 valence electrons. The fraction of sp³-hybridized carbons (Fsp3) is 0.154. The lowest BCUT2D eigenvalue weighted by atomic mass is 9.81. The largest absolute Gasteiger partial charge is 0.326 e. The predicted octanol–water partition coefficient (Wildman–Crippen LogP) is 5.48. The molecule has 2 amide bonds. The van der Waals surface area contributed by atoms with E-state index in [-0.39, 0.29) is 17.5 Å². The molecule has 7 nitrogen and oxygen atoms in total. The molecule has 0 spiro atoms. The maximum atomic E-state index is 13.8. The Hall–Kier alpha value is -4.26. The molecule has 0 aliphatic heterocycles. The van der Waals surface area contributed by atoms with Crippen molar-refractivity contribution in [3.8, 4) is 0 Å². The van der Waals surface area contributed by atoms with Crippen LogP contribution in [0, 0.1) is 22.0 Å². The number of benzene rings is 3.